The first-order valence-corrected chi connectivity index (χ1v) is 6.04. The summed E-state index contributed by atoms with van der Waals surface area (Å²) < 4.78 is 0. The molecule has 1 fully saturated rings. The highest BCUT2D eigenvalue weighted by Gasteiger charge is 2.28. The third-order valence-electron chi connectivity index (χ3n) is 3.24. The number of nitrogens with two attached hydrogens (primary N) is 1. The molecule has 0 radical (unpaired) electrons. The van der Waals surface area contributed by atoms with Gasteiger partial charge in [-0.3, -0.25) is 4.79 Å². The molecule has 1 saturated heterocycles. The summed E-state index contributed by atoms with van der Waals surface area (Å²) in [5, 5.41) is 0. The Kier molecular flexibility index (Phi) is 4.58. The molecule has 3 heteroatoms. The van der Waals surface area contributed by atoms with Crippen LogP contribution in [0.25, 0.3) is 0 Å². The molecule has 1 heterocycles. The molecule has 1 rings (SSSR count). The van der Waals surface area contributed by atoms with E-state index in [1.54, 1.807) is 0 Å². The van der Waals surface area contributed by atoms with Gasteiger partial charge in [0.25, 0.3) is 0 Å². The first kappa shape index (κ1) is 12.5. The van der Waals surface area contributed by atoms with Crippen molar-refractivity contribution in [2.45, 2.75) is 46.1 Å². The molecular formula is C12H24N2O. The van der Waals surface area contributed by atoms with Crippen molar-refractivity contribution >= 4 is 5.91 Å². The van der Waals surface area contributed by atoms with E-state index in [1.165, 1.54) is 6.42 Å². The maximum atomic E-state index is 11.9. The van der Waals surface area contributed by atoms with Gasteiger partial charge in [-0.25, -0.2) is 0 Å². The second-order valence-corrected chi connectivity index (χ2v) is 5.16. The van der Waals surface area contributed by atoms with Gasteiger partial charge in [-0.05, 0) is 31.6 Å². The Morgan fingerprint density at radius 3 is 2.60 bits per heavy atom. The molecule has 1 aliphatic heterocycles. The number of likely N-dealkylation sites (tertiary alicyclic amines) is 1. The van der Waals surface area contributed by atoms with E-state index in [-0.39, 0.29) is 6.04 Å². The highest BCUT2D eigenvalue weighted by atomic mass is 16.2. The molecule has 0 saturated carbocycles. The van der Waals surface area contributed by atoms with Crippen LogP contribution >= 0.6 is 0 Å². The summed E-state index contributed by atoms with van der Waals surface area (Å²) in [7, 11) is 0. The van der Waals surface area contributed by atoms with Crippen LogP contribution in [0, 0.1) is 11.8 Å². The number of hydrogen-bond acceptors (Lipinski definition) is 2. The number of hydrogen-bond donors (Lipinski definition) is 1. The zero-order chi connectivity index (χ0) is 11.4. The van der Waals surface area contributed by atoms with Crippen LogP contribution in [0.1, 0.15) is 40.0 Å². The van der Waals surface area contributed by atoms with Gasteiger partial charge in [0.1, 0.15) is 0 Å². The van der Waals surface area contributed by atoms with Crippen LogP contribution in [-0.2, 0) is 4.79 Å². The Morgan fingerprint density at radius 1 is 1.47 bits per heavy atom. The first-order valence-electron chi connectivity index (χ1n) is 6.04. The molecule has 2 atom stereocenters. The molecule has 88 valence electrons. The molecule has 1 aliphatic rings. The minimum Gasteiger partial charge on any atom is -0.339 e. The highest BCUT2D eigenvalue weighted by molar-refractivity contribution is 5.77. The standard InChI is InChI=1S/C12H24N2O/c1-9(2)6-11-4-5-14(10(3)8-13)12(15)7-11/h9-11H,4-8,13H2,1-3H3. The number of nitrogens with zero attached hydrogens (tertiary/aromatic N) is 1. The van der Waals surface area contributed by atoms with Gasteiger partial charge in [0.05, 0.1) is 0 Å². The van der Waals surface area contributed by atoms with E-state index in [0.717, 1.165) is 19.4 Å². The van der Waals surface area contributed by atoms with Gasteiger partial charge in [0.15, 0.2) is 0 Å². The summed E-state index contributed by atoms with van der Waals surface area (Å²) in [5.74, 6) is 1.59. The lowest BCUT2D eigenvalue weighted by molar-refractivity contribution is -0.137. The zero-order valence-electron chi connectivity index (χ0n) is 10.2. The fourth-order valence-electron chi connectivity index (χ4n) is 2.37. The molecular weight excluding hydrogens is 188 g/mol. The second kappa shape index (κ2) is 5.50. The van der Waals surface area contributed by atoms with E-state index < -0.39 is 0 Å². The van der Waals surface area contributed by atoms with Crippen molar-refractivity contribution in [3.8, 4) is 0 Å². The van der Waals surface area contributed by atoms with Crippen LogP contribution in [0.2, 0.25) is 0 Å². The average Bonchev–Trinajstić information content (AvgIpc) is 2.16. The minimum atomic E-state index is 0.206. The minimum absolute atomic E-state index is 0.206. The van der Waals surface area contributed by atoms with Gasteiger partial charge < -0.3 is 10.6 Å². The van der Waals surface area contributed by atoms with Crippen molar-refractivity contribution in [2.75, 3.05) is 13.1 Å². The van der Waals surface area contributed by atoms with Gasteiger partial charge in [-0.2, -0.15) is 0 Å². The van der Waals surface area contributed by atoms with Gasteiger partial charge in [0, 0.05) is 25.6 Å². The lowest BCUT2D eigenvalue weighted by atomic mass is 9.88. The Balaban J connectivity index is 2.44. The Morgan fingerprint density at radius 2 is 2.13 bits per heavy atom. The van der Waals surface area contributed by atoms with E-state index in [2.05, 4.69) is 13.8 Å². The summed E-state index contributed by atoms with van der Waals surface area (Å²) in [6.07, 6.45) is 3.05. The van der Waals surface area contributed by atoms with Crippen molar-refractivity contribution in [3.63, 3.8) is 0 Å². The van der Waals surface area contributed by atoms with E-state index in [4.69, 9.17) is 5.73 Å². The molecule has 1 amide bonds. The number of piperidine rings is 1. The first-order chi connectivity index (χ1) is 7.04. The van der Waals surface area contributed by atoms with Crippen molar-refractivity contribution in [2.24, 2.45) is 17.6 Å². The van der Waals surface area contributed by atoms with Gasteiger partial charge in [-0.15, -0.1) is 0 Å². The molecule has 0 bridgehead atoms. The molecule has 0 aliphatic carbocycles. The average molecular weight is 212 g/mol. The molecule has 0 aromatic rings. The van der Waals surface area contributed by atoms with E-state index in [0.29, 0.717) is 24.3 Å². The lowest BCUT2D eigenvalue weighted by Gasteiger charge is -2.36. The maximum absolute atomic E-state index is 11.9. The fourth-order valence-corrected chi connectivity index (χ4v) is 2.37. The van der Waals surface area contributed by atoms with Crippen LogP contribution < -0.4 is 5.73 Å². The summed E-state index contributed by atoms with van der Waals surface area (Å²) in [6.45, 7) is 7.94. The van der Waals surface area contributed by atoms with Crippen molar-refractivity contribution in [3.05, 3.63) is 0 Å². The maximum Gasteiger partial charge on any atom is 0.223 e. The van der Waals surface area contributed by atoms with E-state index in [1.807, 2.05) is 11.8 Å². The number of rotatable bonds is 4. The normalized spacial score (nSPS) is 24.7. The smallest absolute Gasteiger partial charge is 0.223 e. The predicted octanol–water partition coefficient (Wildman–Crippen LogP) is 1.62. The molecule has 2 unspecified atom stereocenters. The van der Waals surface area contributed by atoms with Gasteiger partial charge in [0.2, 0.25) is 5.91 Å². The topological polar surface area (TPSA) is 46.3 Å². The Bertz CT molecular complexity index is 216. The van der Waals surface area contributed by atoms with E-state index >= 15 is 0 Å². The monoisotopic (exact) mass is 212 g/mol. The molecule has 0 aromatic carbocycles. The van der Waals surface area contributed by atoms with Gasteiger partial charge >= 0.3 is 0 Å². The van der Waals surface area contributed by atoms with Crippen LogP contribution in [0.4, 0.5) is 0 Å². The molecule has 15 heavy (non-hydrogen) atoms. The summed E-state index contributed by atoms with van der Waals surface area (Å²) in [6, 6.07) is 0.206. The summed E-state index contributed by atoms with van der Waals surface area (Å²) >= 11 is 0. The number of amides is 1. The third kappa shape index (κ3) is 3.49. The number of carbonyl (C=O) groups excluding carboxylic acids is 1. The molecule has 0 spiro atoms. The lowest BCUT2D eigenvalue weighted by Crippen LogP contribution is -2.47. The Labute approximate surface area is 93.0 Å². The molecule has 0 aromatic heterocycles. The quantitative estimate of drug-likeness (QED) is 0.769. The van der Waals surface area contributed by atoms with Crippen molar-refractivity contribution in [1.82, 2.24) is 4.90 Å². The second-order valence-electron chi connectivity index (χ2n) is 5.16. The SMILES string of the molecule is CC(C)CC1CCN(C(C)CN)C(=O)C1. The largest absolute Gasteiger partial charge is 0.339 e. The Hall–Kier alpha value is -0.570. The predicted molar refractivity (Wildman–Crippen MR) is 62.4 cm³/mol. The van der Waals surface area contributed by atoms with Crippen molar-refractivity contribution in [1.29, 1.82) is 0 Å². The summed E-state index contributed by atoms with van der Waals surface area (Å²) in [4.78, 5) is 13.8. The zero-order valence-corrected chi connectivity index (χ0v) is 10.2. The molecule has 2 N–H and O–H groups in total. The van der Waals surface area contributed by atoms with Crippen molar-refractivity contribution < 1.29 is 4.79 Å². The molecule has 3 nitrogen and oxygen atoms in total. The number of carbonyl (C=O) groups is 1. The highest BCUT2D eigenvalue weighted by Crippen LogP contribution is 2.25. The fraction of sp³-hybridized carbons (Fsp3) is 0.917. The summed E-state index contributed by atoms with van der Waals surface area (Å²) in [5.41, 5.74) is 5.59. The van der Waals surface area contributed by atoms with Crippen LogP contribution in [0.5, 0.6) is 0 Å². The van der Waals surface area contributed by atoms with Crippen LogP contribution in [0.15, 0.2) is 0 Å². The van der Waals surface area contributed by atoms with E-state index in [9.17, 15) is 4.79 Å². The van der Waals surface area contributed by atoms with Crippen LogP contribution in [-0.4, -0.2) is 29.9 Å². The third-order valence-corrected chi connectivity index (χ3v) is 3.24. The van der Waals surface area contributed by atoms with Gasteiger partial charge in [-0.1, -0.05) is 13.8 Å². The van der Waals surface area contributed by atoms with Crippen LogP contribution in [0.3, 0.4) is 0 Å².